The zero-order chi connectivity index (χ0) is 11.3. The number of rotatable bonds is 5. The number of H-pyrrole nitrogens is 1. The quantitative estimate of drug-likeness (QED) is 0.789. The zero-order valence-corrected chi connectivity index (χ0v) is 9.97. The lowest BCUT2D eigenvalue weighted by Crippen LogP contribution is -2.13. The molecule has 1 heterocycles. The van der Waals surface area contributed by atoms with Gasteiger partial charge in [0.25, 0.3) is 5.56 Å². The summed E-state index contributed by atoms with van der Waals surface area (Å²) in [5, 5.41) is 0. The van der Waals surface area contributed by atoms with E-state index in [0.29, 0.717) is 5.92 Å². The van der Waals surface area contributed by atoms with Crippen molar-refractivity contribution in [3.63, 3.8) is 0 Å². The van der Waals surface area contributed by atoms with Crippen LogP contribution in [0.25, 0.3) is 0 Å². The van der Waals surface area contributed by atoms with Crippen molar-refractivity contribution in [2.24, 2.45) is 0 Å². The second-order valence-corrected chi connectivity index (χ2v) is 4.20. The summed E-state index contributed by atoms with van der Waals surface area (Å²) in [4.78, 5) is 14.5. The minimum Gasteiger partial charge on any atom is -0.326 e. The van der Waals surface area contributed by atoms with Gasteiger partial charge in [-0.3, -0.25) is 4.79 Å². The average molecular weight is 207 g/mol. The lowest BCUT2D eigenvalue weighted by atomic mass is 9.94. The van der Waals surface area contributed by atoms with Gasteiger partial charge in [0.05, 0.1) is 0 Å². The highest BCUT2D eigenvalue weighted by molar-refractivity contribution is 5.15. The van der Waals surface area contributed by atoms with Crippen LogP contribution in [-0.4, -0.2) is 4.98 Å². The molecule has 1 aromatic rings. The van der Waals surface area contributed by atoms with E-state index >= 15 is 0 Å². The fourth-order valence-corrected chi connectivity index (χ4v) is 1.95. The van der Waals surface area contributed by atoms with Gasteiger partial charge in [0, 0.05) is 11.3 Å². The minimum absolute atomic E-state index is 0.0599. The van der Waals surface area contributed by atoms with Gasteiger partial charge in [-0.2, -0.15) is 0 Å². The first-order chi connectivity index (χ1) is 7.19. The molecule has 0 aliphatic heterocycles. The first-order valence-corrected chi connectivity index (χ1v) is 5.88. The van der Waals surface area contributed by atoms with Gasteiger partial charge in [-0.25, -0.2) is 0 Å². The van der Waals surface area contributed by atoms with E-state index < -0.39 is 0 Å². The first-order valence-electron chi connectivity index (χ1n) is 5.88. The predicted octanol–water partition coefficient (Wildman–Crippen LogP) is 3.37. The number of hydrogen-bond acceptors (Lipinski definition) is 1. The number of pyridine rings is 1. The zero-order valence-electron chi connectivity index (χ0n) is 9.97. The van der Waals surface area contributed by atoms with E-state index in [-0.39, 0.29) is 5.56 Å². The largest absolute Gasteiger partial charge is 0.326 e. The van der Waals surface area contributed by atoms with E-state index in [1.165, 1.54) is 12.8 Å². The Balaban J connectivity index is 2.90. The molecule has 0 unspecified atom stereocenters. The van der Waals surface area contributed by atoms with E-state index in [9.17, 15) is 4.79 Å². The number of aromatic nitrogens is 1. The van der Waals surface area contributed by atoms with Gasteiger partial charge in [0.15, 0.2) is 0 Å². The van der Waals surface area contributed by atoms with E-state index in [0.717, 1.165) is 24.1 Å². The smallest absolute Gasteiger partial charge is 0.251 e. The normalized spacial score (nSPS) is 10.9. The Bertz CT molecular complexity index is 348. The van der Waals surface area contributed by atoms with Crippen molar-refractivity contribution in [1.82, 2.24) is 4.98 Å². The molecule has 15 heavy (non-hydrogen) atoms. The lowest BCUT2D eigenvalue weighted by molar-refractivity contribution is 0.547. The molecule has 0 saturated carbocycles. The molecule has 2 heteroatoms. The monoisotopic (exact) mass is 207 g/mol. The fraction of sp³-hybridized carbons (Fsp3) is 0.615. The van der Waals surface area contributed by atoms with Gasteiger partial charge < -0.3 is 4.98 Å². The molecular formula is C13H21NO. The lowest BCUT2D eigenvalue weighted by Gasteiger charge is -2.15. The van der Waals surface area contributed by atoms with Crippen molar-refractivity contribution in [2.75, 3.05) is 0 Å². The third-order valence-corrected chi connectivity index (χ3v) is 2.84. The van der Waals surface area contributed by atoms with Crippen molar-refractivity contribution >= 4 is 0 Å². The molecule has 0 aliphatic carbocycles. The summed E-state index contributed by atoms with van der Waals surface area (Å²) in [7, 11) is 0. The summed E-state index contributed by atoms with van der Waals surface area (Å²) >= 11 is 0. The van der Waals surface area contributed by atoms with Crippen LogP contribution in [-0.2, 0) is 0 Å². The van der Waals surface area contributed by atoms with E-state index in [1.807, 2.05) is 13.0 Å². The first kappa shape index (κ1) is 12.0. The van der Waals surface area contributed by atoms with Crippen LogP contribution in [0, 0.1) is 6.92 Å². The molecule has 0 aromatic carbocycles. The van der Waals surface area contributed by atoms with Gasteiger partial charge in [-0.15, -0.1) is 0 Å². The number of aryl methyl sites for hydroxylation is 1. The molecule has 0 saturated heterocycles. The summed E-state index contributed by atoms with van der Waals surface area (Å²) in [5.74, 6) is 0.522. The van der Waals surface area contributed by atoms with Gasteiger partial charge in [-0.05, 0) is 31.7 Å². The number of aromatic amines is 1. The molecule has 0 spiro atoms. The summed E-state index contributed by atoms with van der Waals surface area (Å²) in [6, 6.07) is 3.99. The molecule has 84 valence electrons. The molecular weight excluding hydrogens is 186 g/mol. The third kappa shape index (κ3) is 3.22. The summed E-state index contributed by atoms with van der Waals surface area (Å²) in [6.45, 7) is 6.22. The third-order valence-electron chi connectivity index (χ3n) is 2.84. The Morgan fingerprint density at radius 1 is 1.20 bits per heavy atom. The fourth-order valence-electron chi connectivity index (χ4n) is 1.95. The van der Waals surface area contributed by atoms with Crippen LogP contribution in [0.15, 0.2) is 16.9 Å². The van der Waals surface area contributed by atoms with Gasteiger partial charge in [0.1, 0.15) is 0 Å². The molecule has 0 atom stereocenters. The number of nitrogens with one attached hydrogen (secondary N) is 1. The van der Waals surface area contributed by atoms with Crippen molar-refractivity contribution in [1.29, 1.82) is 0 Å². The van der Waals surface area contributed by atoms with Gasteiger partial charge in [-0.1, -0.05) is 32.8 Å². The Morgan fingerprint density at radius 3 is 2.27 bits per heavy atom. The molecule has 0 bridgehead atoms. The highest BCUT2D eigenvalue weighted by Gasteiger charge is 2.10. The topological polar surface area (TPSA) is 32.9 Å². The van der Waals surface area contributed by atoms with Crippen molar-refractivity contribution in [3.05, 3.63) is 33.7 Å². The Labute approximate surface area is 91.7 Å². The molecule has 2 nitrogen and oxygen atoms in total. The number of hydrogen-bond donors (Lipinski definition) is 1. The summed E-state index contributed by atoms with van der Waals surface area (Å²) in [6.07, 6.45) is 4.65. The Kier molecular flexibility index (Phi) is 4.60. The van der Waals surface area contributed by atoms with Crippen LogP contribution in [0.3, 0.4) is 0 Å². The molecule has 0 radical (unpaired) electrons. The Morgan fingerprint density at radius 2 is 1.80 bits per heavy atom. The van der Waals surface area contributed by atoms with E-state index in [2.05, 4.69) is 24.9 Å². The molecule has 1 N–H and O–H groups in total. The second-order valence-electron chi connectivity index (χ2n) is 4.20. The highest BCUT2D eigenvalue weighted by Crippen LogP contribution is 2.23. The average Bonchev–Trinajstić information content (AvgIpc) is 2.22. The SMILES string of the molecule is CCCC(CCC)c1ccc(C)c(=O)[nH]1. The molecule has 1 aromatic heterocycles. The van der Waals surface area contributed by atoms with E-state index in [1.54, 1.807) is 0 Å². The minimum atomic E-state index is 0.0599. The van der Waals surface area contributed by atoms with Gasteiger partial charge in [0.2, 0.25) is 0 Å². The molecule has 0 aliphatic rings. The van der Waals surface area contributed by atoms with Crippen LogP contribution in [0.2, 0.25) is 0 Å². The van der Waals surface area contributed by atoms with Crippen molar-refractivity contribution in [3.8, 4) is 0 Å². The maximum atomic E-state index is 11.5. The van der Waals surface area contributed by atoms with Crippen LogP contribution in [0.5, 0.6) is 0 Å². The standard InChI is InChI=1S/C13H21NO/c1-4-6-11(7-5-2)12-9-8-10(3)13(15)14-12/h8-9,11H,4-7H2,1-3H3,(H,14,15). The molecule has 0 fully saturated rings. The summed E-state index contributed by atoms with van der Waals surface area (Å²) < 4.78 is 0. The second kappa shape index (κ2) is 5.74. The highest BCUT2D eigenvalue weighted by atomic mass is 16.1. The maximum Gasteiger partial charge on any atom is 0.251 e. The Hall–Kier alpha value is -1.05. The molecule has 0 amide bonds. The van der Waals surface area contributed by atoms with E-state index in [4.69, 9.17) is 0 Å². The van der Waals surface area contributed by atoms with Crippen molar-refractivity contribution < 1.29 is 0 Å². The van der Waals surface area contributed by atoms with Crippen LogP contribution in [0.1, 0.15) is 56.7 Å². The maximum absolute atomic E-state index is 11.5. The molecule has 1 rings (SSSR count). The predicted molar refractivity (Wildman–Crippen MR) is 64.4 cm³/mol. The summed E-state index contributed by atoms with van der Waals surface area (Å²) in [5.41, 5.74) is 1.96. The van der Waals surface area contributed by atoms with Crippen LogP contribution in [0.4, 0.5) is 0 Å². The van der Waals surface area contributed by atoms with Gasteiger partial charge >= 0.3 is 0 Å². The van der Waals surface area contributed by atoms with Crippen LogP contribution < -0.4 is 5.56 Å². The van der Waals surface area contributed by atoms with Crippen molar-refractivity contribution in [2.45, 2.75) is 52.4 Å². The van der Waals surface area contributed by atoms with Crippen LogP contribution >= 0.6 is 0 Å².